The van der Waals surface area contributed by atoms with E-state index in [2.05, 4.69) is 9.97 Å². The van der Waals surface area contributed by atoms with E-state index in [0.29, 0.717) is 11.0 Å². The topological polar surface area (TPSA) is 30.7 Å². The highest BCUT2D eigenvalue weighted by Crippen LogP contribution is 2.16. The van der Waals surface area contributed by atoms with Gasteiger partial charge in [-0.1, -0.05) is 11.6 Å². The highest BCUT2D eigenvalue weighted by molar-refractivity contribution is 6.29. The fourth-order valence-electron chi connectivity index (χ4n) is 1.21. The fraction of sp³-hybridized carbons (Fsp3) is 0.250. The smallest absolute Gasteiger partial charge is 0.161 e. The minimum atomic E-state index is 0.379. The maximum absolute atomic E-state index is 5.76. The standard InChI is InChI=1S/C8H7Cl2N3/c1-13-7(4-9)11-5-2-3-6(10)12-8(5)13/h2-3H,4H2,1H3. The number of pyridine rings is 1. The monoisotopic (exact) mass is 215 g/mol. The third-order valence-electron chi connectivity index (χ3n) is 1.89. The summed E-state index contributed by atoms with van der Waals surface area (Å²) in [5.41, 5.74) is 1.59. The summed E-state index contributed by atoms with van der Waals surface area (Å²) in [6, 6.07) is 3.55. The van der Waals surface area contributed by atoms with Crippen LogP contribution in [0.5, 0.6) is 0 Å². The van der Waals surface area contributed by atoms with Crippen LogP contribution < -0.4 is 0 Å². The van der Waals surface area contributed by atoms with Crippen molar-refractivity contribution in [2.75, 3.05) is 0 Å². The van der Waals surface area contributed by atoms with Crippen LogP contribution in [0.4, 0.5) is 0 Å². The molecule has 5 heteroatoms. The third kappa shape index (κ3) is 1.38. The average molecular weight is 216 g/mol. The number of rotatable bonds is 1. The van der Waals surface area contributed by atoms with Crippen LogP contribution in [-0.2, 0) is 12.9 Å². The Balaban J connectivity index is 2.77. The van der Waals surface area contributed by atoms with Gasteiger partial charge < -0.3 is 4.57 Å². The Kier molecular flexibility index (Phi) is 2.14. The summed E-state index contributed by atoms with van der Waals surface area (Å²) in [5, 5.41) is 0.469. The number of halogens is 2. The van der Waals surface area contributed by atoms with Gasteiger partial charge in [0.2, 0.25) is 0 Å². The average Bonchev–Trinajstić information content (AvgIpc) is 2.44. The molecule has 0 unspecified atom stereocenters. The lowest BCUT2D eigenvalue weighted by atomic mass is 10.4. The predicted molar refractivity (Wildman–Crippen MR) is 53.1 cm³/mol. The van der Waals surface area contributed by atoms with Gasteiger partial charge in [-0.15, -0.1) is 11.6 Å². The second-order valence-electron chi connectivity index (χ2n) is 2.70. The highest BCUT2D eigenvalue weighted by atomic mass is 35.5. The van der Waals surface area contributed by atoms with E-state index in [1.807, 2.05) is 17.7 Å². The summed E-state index contributed by atoms with van der Waals surface area (Å²) in [5.74, 6) is 1.18. The molecule has 0 radical (unpaired) electrons. The van der Waals surface area contributed by atoms with E-state index < -0.39 is 0 Å². The number of hydrogen-bond acceptors (Lipinski definition) is 2. The lowest BCUT2D eigenvalue weighted by Crippen LogP contribution is -1.95. The number of aromatic nitrogens is 3. The maximum Gasteiger partial charge on any atom is 0.161 e. The number of fused-ring (bicyclic) bond motifs is 1. The minimum absolute atomic E-state index is 0.379. The van der Waals surface area contributed by atoms with Crippen LogP contribution in [0.1, 0.15) is 5.82 Å². The molecule has 0 N–H and O–H groups in total. The molecule has 0 aliphatic carbocycles. The molecule has 0 aromatic carbocycles. The Labute approximate surface area is 85.3 Å². The van der Waals surface area contributed by atoms with Crippen LogP contribution in [0.25, 0.3) is 11.2 Å². The lowest BCUT2D eigenvalue weighted by Gasteiger charge is -1.96. The first-order valence-corrected chi connectivity index (χ1v) is 4.67. The van der Waals surface area contributed by atoms with Gasteiger partial charge in [0, 0.05) is 7.05 Å². The maximum atomic E-state index is 5.76. The van der Waals surface area contributed by atoms with Gasteiger partial charge in [0.1, 0.15) is 16.5 Å². The van der Waals surface area contributed by atoms with Gasteiger partial charge in [-0.25, -0.2) is 9.97 Å². The van der Waals surface area contributed by atoms with E-state index in [4.69, 9.17) is 23.2 Å². The van der Waals surface area contributed by atoms with Gasteiger partial charge in [-0.2, -0.15) is 0 Å². The van der Waals surface area contributed by atoms with Crippen molar-refractivity contribution >= 4 is 34.4 Å². The molecule has 68 valence electrons. The SMILES string of the molecule is Cn1c(CCl)nc2ccc(Cl)nc21. The number of hydrogen-bond donors (Lipinski definition) is 0. The zero-order valence-corrected chi connectivity index (χ0v) is 8.47. The first kappa shape index (κ1) is 8.78. The quantitative estimate of drug-likeness (QED) is 0.541. The second kappa shape index (κ2) is 3.16. The molecule has 0 atom stereocenters. The first-order chi connectivity index (χ1) is 6.22. The van der Waals surface area contributed by atoms with Gasteiger partial charge in [0.25, 0.3) is 0 Å². The molecule has 2 rings (SSSR count). The van der Waals surface area contributed by atoms with Crippen LogP contribution in [-0.4, -0.2) is 14.5 Å². The van der Waals surface area contributed by atoms with Crippen molar-refractivity contribution in [2.24, 2.45) is 7.05 Å². The van der Waals surface area contributed by atoms with Crippen molar-refractivity contribution < 1.29 is 0 Å². The summed E-state index contributed by atoms with van der Waals surface area (Å²) in [6.45, 7) is 0. The van der Waals surface area contributed by atoms with E-state index in [1.165, 1.54) is 0 Å². The highest BCUT2D eigenvalue weighted by Gasteiger charge is 2.07. The van der Waals surface area contributed by atoms with Crippen molar-refractivity contribution in [3.8, 4) is 0 Å². The van der Waals surface area contributed by atoms with Gasteiger partial charge in [-0.3, -0.25) is 0 Å². The zero-order chi connectivity index (χ0) is 9.42. The number of aryl methyl sites for hydroxylation is 1. The summed E-state index contributed by atoms with van der Waals surface area (Å²) >= 11 is 11.5. The van der Waals surface area contributed by atoms with Crippen molar-refractivity contribution in [1.82, 2.24) is 14.5 Å². The number of alkyl halides is 1. The van der Waals surface area contributed by atoms with Crippen LogP contribution >= 0.6 is 23.2 Å². The van der Waals surface area contributed by atoms with Gasteiger partial charge >= 0.3 is 0 Å². The first-order valence-electron chi connectivity index (χ1n) is 3.76. The van der Waals surface area contributed by atoms with Crippen molar-refractivity contribution in [2.45, 2.75) is 5.88 Å². The van der Waals surface area contributed by atoms with Crippen LogP contribution in [0.15, 0.2) is 12.1 Å². The molecular formula is C8H7Cl2N3. The number of imidazole rings is 1. The van der Waals surface area contributed by atoms with Crippen LogP contribution in [0.2, 0.25) is 5.15 Å². The Morgan fingerprint density at radius 3 is 2.85 bits per heavy atom. The molecule has 0 saturated carbocycles. The van der Waals surface area contributed by atoms with E-state index in [-0.39, 0.29) is 0 Å². The van der Waals surface area contributed by atoms with Crippen LogP contribution in [0, 0.1) is 0 Å². The Hall–Kier alpha value is -0.800. The zero-order valence-electron chi connectivity index (χ0n) is 6.96. The van der Waals surface area contributed by atoms with E-state index >= 15 is 0 Å². The van der Waals surface area contributed by atoms with E-state index in [0.717, 1.165) is 17.0 Å². The molecule has 2 aromatic heterocycles. The van der Waals surface area contributed by atoms with Crippen molar-refractivity contribution in [3.05, 3.63) is 23.1 Å². The molecule has 3 nitrogen and oxygen atoms in total. The third-order valence-corrected chi connectivity index (χ3v) is 2.34. The summed E-state index contributed by atoms with van der Waals surface area (Å²) in [7, 11) is 1.87. The minimum Gasteiger partial charge on any atom is -0.315 e. The molecule has 2 heterocycles. The van der Waals surface area contributed by atoms with E-state index in [9.17, 15) is 0 Å². The molecule has 0 aliphatic heterocycles. The fourth-order valence-corrected chi connectivity index (χ4v) is 1.59. The molecule has 0 aliphatic rings. The molecule has 0 fully saturated rings. The van der Waals surface area contributed by atoms with E-state index in [1.54, 1.807) is 6.07 Å². The number of nitrogens with zero attached hydrogens (tertiary/aromatic N) is 3. The Bertz CT molecular complexity index is 450. The summed E-state index contributed by atoms with van der Waals surface area (Å²) in [6.07, 6.45) is 0. The summed E-state index contributed by atoms with van der Waals surface area (Å²) < 4.78 is 1.84. The molecule has 0 saturated heterocycles. The molecule has 2 aromatic rings. The lowest BCUT2D eigenvalue weighted by molar-refractivity contribution is 0.863. The van der Waals surface area contributed by atoms with Crippen molar-refractivity contribution in [1.29, 1.82) is 0 Å². The Morgan fingerprint density at radius 1 is 1.38 bits per heavy atom. The summed E-state index contributed by atoms with van der Waals surface area (Å²) in [4.78, 5) is 8.43. The predicted octanol–water partition coefficient (Wildman–Crippen LogP) is 2.36. The molecule has 0 bridgehead atoms. The molecule has 13 heavy (non-hydrogen) atoms. The largest absolute Gasteiger partial charge is 0.315 e. The molecule has 0 amide bonds. The van der Waals surface area contributed by atoms with Crippen molar-refractivity contribution in [3.63, 3.8) is 0 Å². The van der Waals surface area contributed by atoms with Crippen LogP contribution in [0.3, 0.4) is 0 Å². The Morgan fingerprint density at radius 2 is 2.15 bits per heavy atom. The van der Waals surface area contributed by atoms with Gasteiger partial charge in [-0.05, 0) is 12.1 Å². The van der Waals surface area contributed by atoms with Gasteiger partial charge in [0.15, 0.2) is 5.65 Å². The molecular weight excluding hydrogens is 209 g/mol. The normalized spacial score (nSPS) is 11.0. The molecule has 0 spiro atoms. The second-order valence-corrected chi connectivity index (χ2v) is 3.35. The van der Waals surface area contributed by atoms with Gasteiger partial charge in [0.05, 0.1) is 5.88 Å².